The van der Waals surface area contributed by atoms with Gasteiger partial charge in [0.2, 0.25) is 0 Å². The quantitative estimate of drug-likeness (QED) is 0.740. The van der Waals surface area contributed by atoms with Crippen LogP contribution in [0.2, 0.25) is 0 Å². The van der Waals surface area contributed by atoms with Crippen LogP contribution in [0.5, 0.6) is 11.5 Å². The smallest absolute Gasteiger partial charge is 0.258 e. The van der Waals surface area contributed by atoms with Gasteiger partial charge in [-0.3, -0.25) is 9.20 Å². The van der Waals surface area contributed by atoms with E-state index >= 15 is 0 Å². The van der Waals surface area contributed by atoms with Gasteiger partial charge in [-0.2, -0.15) is 0 Å². The number of hydrogen-bond donors (Lipinski definition) is 0. The summed E-state index contributed by atoms with van der Waals surface area (Å²) >= 11 is 0. The molecule has 0 aliphatic heterocycles. The number of methoxy groups -OCH3 is 2. The number of hydrogen-bond acceptors (Lipinski definition) is 4. The Morgan fingerprint density at radius 3 is 2.54 bits per heavy atom. The lowest BCUT2D eigenvalue weighted by Gasteiger charge is -2.10. The molecule has 0 bridgehead atoms. The van der Waals surface area contributed by atoms with Crippen LogP contribution in [0.4, 0.5) is 0 Å². The molecule has 5 nitrogen and oxygen atoms in total. The molecular formula is C19H18N2O3. The van der Waals surface area contributed by atoms with E-state index in [9.17, 15) is 4.79 Å². The van der Waals surface area contributed by atoms with E-state index in [0.717, 1.165) is 5.56 Å². The monoisotopic (exact) mass is 322 g/mol. The van der Waals surface area contributed by atoms with Gasteiger partial charge >= 0.3 is 0 Å². The van der Waals surface area contributed by atoms with Crippen molar-refractivity contribution in [1.29, 1.82) is 0 Å². The van der Waals surface area contributed by atoms with Gasteiger partial charge in [0.05, 0.1) is 19.9 Å². The molecule has 1 saturated carbocycles. The summed E-state index contributed by atoms with van der Waals surface area (Å²) in [7, 11) is 3.18. The Labute approximate surface area is 139 Å². The summed E-state index contributed by atoms with van der Waals surface area (Å²) in [4.78, 5) is 17.1. The van der Waals surface area contributed by atoms with E-state index in [2.05, 4.69) is 11.1 Å². The summed E-state index contributed by atoms with van der Waals surface area (Å²) in [5.41, 5.74) is 3.23. The zero-order chi connectivity index (χ0) is 16.7. The first-order valence-corrected chi connectivity index (χ1v) is 7.95. The highest BCUT2D eigenvalue weighted by Crippen LogP contribution is 2.39. The Morgan fingerprint density at radius 1 is 1.04 bits per heavy atom. The molecule has 0 unspecified atom stereocenters. The standard InChI is InChI=1S/C19H18N2O3/c1-23-16-7-5-13(9-17(16)24-2)15-10-19(22)21-11-14(12-3-4-12)6-8-18(21)20-15/h5-12H,3-4H2,1-2H3. The van der Waals surface area contributed by atoms with E-state index in [4.69, 9.17) is 9.47 Å². The molecular weight excluding hydrogens is 304 g/mol. The highest BCUT2D eigenvalue weighted by Gasteiger charge is 2.23. The van der Waals surface area contributed by atoms with Crippen LogP contribution < -0.4 is 15.0 Å². The summed E-state index contributed by atoms with van der Waals surface area (Å²) in [6.45, 7) is 0. The molecule has 0 amide bonds. The number of fused-ring (bicyclic) bond motifs is 1. The topological polar surface area (TPSA) is 52.8 Å². The first-order chi connectivity index (χ1) is 11.7. The maximum Gasteiger partial charge on any atom is 0.258 e. The molecule has 0 saturated heterocycles. The molecule has 0 N–H and O–H groups in total. The zero-order valence-electron chi connectivity index (χ0n) is 13.7. The average Bonchev–Trinajstić information content (AvgIpc) is 3.46. The summed E-state index contributed by atoms with van der Waals surface area (Å²) in [5.74, 6) is 1.86. The third-order valence-corrected chi connectivity index (χ3v) is 4.41. The minimum absolute atomic E-state index is 0.0766. The number of rotatable bonds is 4. The third kappa shape index (κ3) is 2.52. The van der Waals surface area contributed by atoms with Crippen molar-refractivity contribution in [3.05, 3.63) is 58.5 Å². The molecule has 1 aromatic carbocycles. The van der Waals surface area contributed by atoms with Gasteiger partial charge < -0.3 is 9.47 Å². The van der Waals surface area contributed by atoms with Gasteiger partial charge in [-0.15, -0.1) is 0 Å². The van der Waals surface area contributed by atoms with Crippen molar-refractivity contribution >= 4 is 5.65 Å². The lowest BCUT2D eigenvalue weighted by molar-refractivity contribution is 0.355. The Morgan fingerprint density at radius 2 is 1.83 bits per heavy atom. The van der Waals surface area contributed by atoms with E-state index in [1.807, 2.05) is 30.5 Å². The summed E-state index contributed by atoms with van der Waals surface area (Å²) < 4.78 is 12.2. The van der Waals surface area contributed by atoms with Crippen LogP contribution in [0, 0.1) is 0 Å². The van der Waals surface area contributed by atoms with Gasteiger partial charge in [-0.25, -0.2) is 4.98 Å². The molecule has 0 atom stereocenters. The first kappa shape index (κ1) is 14.8. The van der Waals surface area contributed by atoms with Crippen LogP contribution in [0.15, 0.2) is 47.4 Å². The second kappa shape index (κ2) is 5.67. The van der Waals surface area contributed by atoms with Gasteiger partial charge in [-0.1, -0.05) is 6.07 Å². The van der Waals surface area contributed by atoms with Crippen LogP contribution in [-0.2, 0) is 0 Å². The Kier molecular flexibility index (Phi) is 3.49. The first-order valence-electron chi connectivity index (χ1n) is 7.95. The van der Waals surface area contributed by atoms with E-state index in [1.165, 1.54) is 18.4 Å². The molecule has 1 aliphatic rings. The molecule has 24 heavy (non-hydrogen) atoms. The summed E-state index contributed by atoms with van der Waals surface area (Å²) in [5, 5.41) is 0. The molecule has 2 aromatic heterocycles. The molecule has 0 radical (unpaired) electrons. The number of ether oxygens (including phenoxy) is 2. The van der Waals surface area contributed by atoms with Gasteiger partial charge in [0.15, 0.2) is 11.5 Å². The molecule has 0 spiro atoms. The Bertz CT molecular complexity index is 974. The summed E-state index contributed by atoms with van der Waals surface area (Å²) in [6.07, 6.45) is 4.33. The number of pyridine rings is 1. The van der Waals surface area contributed by atoms with Crippen molar-refractivity contribution in [1.82, 2.24) is 9.38 Å². The largest absolute Gasteiger partial charge is 0.493 e. The molecule has 2 heterocycles. The van der Waals surface area contributed by atoms with Crippen molar-refractivity contribution in [2.24, 2.45) is 0 Å². The normalized spacial score (nSPS) is 13.9. The highest BCUT2D eigenvalue weighted by molar-refractivity contribution is 5.65. The van der Waals surface area contributed by atoms with Crippen LogP contribution in [0.3, 0.4) is 0 Å². The van der Waals surface area contributed by atoms with E-state index < -0.39 is 0 Å². The zero-order valence-corrected chi connectivity index (χ0v) is 13.7. The fourth-order valence-corrected chi connectivity index (χ4v) is 2.92. The van der Waals surface area contributed by atoms with Crippen LogP contribution in [-0.4, -0.2) is 23.6 Å². The molecule has 3 aromatic rings. The van der Waals surface area contributed by atoms with Gasteiger partial charge in [0, 0.05) is 17.8 Å². The molecule has 122 valence electrons. The number of benzene rings is 1. The van der Waals surface area contributed by atoms with Crippen molar-refractivity contribution in [3.8, 4) is 22.8 Å². The van der Waals surface area contributed by atoms with Crippen molar-refractivity contribution in [3.63, 3.8) is 0 Å². The second-order valence-electron chi connectivity index (χ2n) is 6.01. The number of aromatic nitrogens is 2. The van der Waals surface area contributed by atoms with Crippen LogP contribution in [0.25, 0.3) is 16.9 Å². The second-order valence-corrected chi connectivity index (χ2v) is 6.01. The minimum atomic E-state index is -0.0766. The van der Waals surface area contributed by atoms with Gasteiger partial charge in [0.25, 0.3) is 5.56 Å². The van der Waals surface area contributed by atoms with Gasteiger partial charge in [-0.05, 0) is 48.6 Å². The maximum atomic E-state index is 12.5. The van der Waals surface area contributed by atoms with Crippen LogP contribution >= 0.6 is 0 Å². The predicted molar refractivity (Wildman–Crippen MR) is 92.0 cm³/mol. The molecule has 4 rings (SSSR count). The van der Waals surface area contributed by atoms with Crippen LogP contribution in [0.1, 0.15) is 24.3 Å². The molecule has 5 heteroatoms. The molecule has 1 fully saturated rings. The van der Waals surface area contributed by atoms with E-state index in [0.29, 0.717) is 28.8 Å². The van der Waals surface area contributed by atoms with E-state index in [1.54, 1.807) is 24.7 Å². The maximum absolute atomic E-state index is 12.5. The lowest BCUT2D eigenvalue weighted by Crippen LogP contribution is -2.14. The predicted octanol–water partition coefficient (Wildman–Crippen LogP) is 3.26. The van der Waals surface area contributed by atoms with Crippen molar-refractivity contribution in [2.75, 3.05) is 14.2 Å². The van der Waals surface area contributed by atoms with Crippen molar-refractivity contribution in [2.45, 2.75) is 18.8 Å². The Balaban J connectivity index is 1.82. The third-order valence-electron chi connectivity index (χ3n) is 4.41. The lowest BCUT2D eigenvalue weighted by atomic mass is 10.1. The highest BCUT2D eigenvalue weighted by atomic mass is 16.5. The fraction of sp³-hybridized carbons (Fsp3) is 0.263. The fourth-order valence-electron chi connectivity index (χ4n) is 2.92. The number of nitrogens with zero attached hydrogens (tertiary/aromatic N) is 2. The minimum Gasteiger partial charge on any atom is -0.493 e. The molecule has 1 aliphatic carbocycles. The van der Waals surface area contributed by atoms with Gasteiger partial charge in [0.1, 0.15) is 5.65 Å². The van der Waals surface area contributed by atoms with Crippen molar-refractivity contribution < 1.29 is 9.47 Å². The average molecular weight is 322 g/mol. The van der Waals surface area contributed by atoms with E-state index in [-0.39, 0.29) is 5.56 Å². The SMILES string of the molecule is COc1ccc(-c2cc(=O)n3cc(C4CC4)ccc3n2)cc1OC. The Hall–Kier alpha value is -2.82. The summed E-state index contributed by atoms with van der Waals surface area (Å²) in [6, 6.07) is 11.1.